The fraction of sp³-hybridized carbons (Fsp3) is 0.625. The average Bonchev–Trinajstić information content (AvgIpc) is 2.44. The molecule has 112 valence electrons. The Balaban J connectivity index is 2.09. The van der Waals surface area contributed by atoms with E-state index < -0.39 is 0 Å². The normalized spacial score (nSPS) is 28.4. The standard InChI is InChI=1S/C16H23ClFNO/c1-11-5-7-16(20-2,8-6-11)15(19)10-12-3-4-13(17)14(18)9-12/h3-4,9,11,15H,5-8,10,19H2,1-2H3. The number of nitrogens with two attached hydrogens (primary N) is 1. The maximum atomic E-state index is 13.5. The van der Waals surface area contributed by atoms with Crippen LogP contribution >= 0.6 is 11.6 Å². The predicted molar refractivity (Wildman–Crippen MR) is 80.5 cm³/mol. The minimum Gasteiger partial charge on any atom is -0.377 e. The smallest absolute Gasteiger partial charge is 0.142 e. The summed E-state index contributed by atoms with van der Waals surface area (Å²) in [4.78, 5) is 0. The van der Waals surface area contributed by atoms with Crippen molar-refractivity contribution in [3.63, 3.8) is 0 Å². The molecule has 1 atom stereocenters. The Morgan fingerprint density at radius 3 is 2.65 bits per heavy atom. The lowest BCUT2D eigenvalue weighted by molar-refractivity contribution is -0.0659. The summed E-state index contributed by atoms with van der Waals surface area (Å²) in [5.74, 6) is 0.346. The lowest BCUT2D eigenvalue weighted by Crippen LogP contribution is -2.52. The van der Waals surface area contributed by atoms with Crippen molar-refractivity contribution in [2.45, 2.75) is 50.7 Å². The molecule has 0 saturated heterocycles. The first-order valence-corrected chi connectivity index (χ1v) is 7.59. The summed E-state index contributed by atoms with van der Waals surface area (Å²) in [5, 5.41) is 0.148. The molecule has 1 fully saturated rings. The van der Waals surface area contributed by atoms with Gasteiger partial charge in [0.2, 0.25) is 0 Å². The van der Waals surface area contributed by atoms with Crippen molar-refractivity contribution < 1.29 is 9.13 Å². The van der Waals surface area contributed by atoms with E-state index in [9.17, 15) is 4.39 Å². The van der Waals surface area contributed by atoms with E-state index in [4.69, 9.17) is 22.1 Å². The van der Waals surface area contributed by atoms with Gasteiger partial charge in [-0.2, -0.15) is 0 Å². The van der Waals surface area contributed by atoms with E-state index in [-0.39, 0.29) is 22.5 Å². The molecule has 0 bridgehead atoms. The third-order valence-electron chi connectivity index (χ3n) is 4.64. The van der Waals surface area contributed by atoms with E-state index in [2.05, 4.69) is 6.92 Å². The Morgan fingerprint density at radius 2 is 2.10 bits per heavy atom. The number of rotatable bonds is 4. The zero-order chi connectivity index (χ0) is 14.8. The second kappa shape index (κ2) is 6.42. The molecule has 1 unspecified atom stereocenters. The maximum Gasteiger partial charge on any atom is 0.142 e. The van der Waals surface area contributed by atoms with Gasteiger partial charge in [-0.1, -0.05) is 24.6 Å². The van der Waals surface area contributed by atoms with E-state index in [0.717, 1.165) is 37.2 Å². The third-order valence-corrected chi connectivity index (χ3v) is 4.95. The molecular weight excluding hydrogens is 277 g/mol. The van der Waals surface area contributed by atoms with Crippen molar-refractivity contribution in [2.75, 3.05) is 7.11 Å². The summed E-state index contributed by atoms with van der Waals surface area (Å²) in [6, 6.07) is 4.76. The quantitative estimate of drug-likeness (QED) is 0.914. The molecule has 1 saturated carbocycles. The van der Waals surface area contributed by atoms with Gasteiger partial charge in [-0.3, -0.25) is 0 Å². The average molecular weight is 300 g/mol. The molecule has 1 aromatic carbocycles. The molecule has 0 radical (unpaired) electrons. The molecular formula is C16H23ClFNO. The van der Waals surface area contributed by atoms with Gasteiger partial charge in [0, 0.05) is 13.2 Å². The van der Waals surface area contributed by atoms with Gasteiger partial charge in [-0.25, -0.2) is 4.39 Å². The van der Waals surface area contributed by atoms with Gasteiger partial charge in [-0.05, 0) is 55.7 Å². The molecule has 0 aliphatic heterocycles. The molecule has 0 amide bonds. The largest absolute Gasteiger partial charge is 0.377 e. The fourth-order valence-corrected chi connectivity index (χ4v) is 3.20. The summed E-state index contributed by atoms with van der Waals surface area (Å²) < 4.78 is 19.3. The highest BCUT2D eigenvalue weighted by Crippen LogP contribution is 2.37. The van der Waals surface area contributed by atoms with Crippen LogP contribution in [0.2, 0.25) is 5.02 Å². The van der Waals surface area contributed by atoms with Crippen LogP contribution in [-0.4, -0.2) is 18.8 Å². The highest BCUT2D eigenvalue weighted by Gasteiger charge is 2.39. The molecule has 20 heavy (non-hydrogen) atoms. The maximum absolute atomic E-state index is 13.5. The molecule has 0 heterocycles. The Labute approximate surface area is 125 Å². The van der Waals surface area contributed by atoms with Crippen molar-refractivity contribution in [2.24, 2.45) is 11.7 Å². The van der Waals surface area contributed by atoms with E-state index >= 15 is 0 Å². The minimum atomic E-state index is -0.389. The van der Waals surface area contributed by atoms with Crippen molar-refractivity contribution in [3.8, 4) is 0 Å². The van der Waals surface area contributed by atoms with Gasteiger partial charge in [0.05, 0.1) is 10.6 Å². The van der Waals surface area contributed by atoms with Crippen LogP contribution in [0.3, 0.4) is 0 Å². The summed E-state index contributed by atoms with van der Waals surface area (Å²) in [7, 11) is 1.73. The second-order valence-electron chi connectivity index (χ2n) is 6.01. The first-order valence-electron chi connectivity index (χ1n) is 7.21. The van der Waals surface area contributed by atoms with E-state index in [1.807, 2.05) is 6.07 Å². The molecule has 1 aliphatic rings. The Hall–Kier alpha value is -0.640. The fourth-order valence-electron chi connectivity index (χ4n) is 3.08. The van der Waals surface area contributed by atoms with Crippen LogP contribution in [0.1, 0.15) is 38.2 Å². The van der Waals surface area contributed by atoms with Gasteiger partial charge < -0.3 is 10.5 Å². The lowest BCUT2D eigenvalue weighted by atomic mass is 9.74. The van der Waals surface area contributed by atoms with Crippen molar-refractivity contribution in [3.05, 3.63) is 34.6 Å². The monoisotopic (exact) mass is 299 g/mol. The predicted octanol–water partition coefficient (Wildman–Crippen LogP) is 3.94. The molecule has 2 N–H and O–H groups in total. The van der Waals surface area contributed by atoms with Gasteiger partial charge in [-0.15, -0.1) is 0 Å². The van der Waals surface area contributed by atoms with E-state index in [1.165, 1.54) is 6.07 Å². The second-order valence-corrected chi connectivity index (χ2v) is 6.42. The third kappa shape index (κ3) is 3.33. The summed E-state index contributed by atoms with van der Waals surface area (Å²) in [5.41, 5.74) is 6.97. The van der Waals surface area contributed by atoms with Crippen LogP contribution < -0.4 is 5.73 Å². The molecule has 2 nitrogen and oxygen atoms in total. The van der Waals surface area contributed by atoms with Crippen LogP contribution in [0.15, 0.2) is 18.2 Å². The van der Waals surface area contributed by atoms with Crippen LogP contribution in [0, 0.1) is 11.7 Å². The van der Waals surface area contributed by atoms with Crippen molar-refractivity contribution in [1.82, 2.24) is 0 Å². The topological polar surface area (TPSA) is 35.2 Å². The zero-order valence-corrected chi connectivity index (χ0v) is 12.9. The molecule has 4 heteroatoms. The van der Waals surface area contributed by atoms with Crippen LogP contribution in [0.4, 0.5) is 4.39 Å². The zero-order valence-electron chi connectivity index (χ0n) is 12.2. The summed E-state index contributed by atoms with van der Waals surface area (Å²) in [6.07, 6.45) is 4.83. The number of halogens is 2. The number of hydrogen-bond donors (Lipinski definition) is 1. The molecule has 0 spiro atoms. The van der Waals surface area contributed by atoms with Crippen LogP contribution in [0.25, 0.3) is 0 Å². The van der Waals surface area contributed by atoms with E-state index in [1.54, 1.807) is 13.2 Å². The van der Waals surface area contributed by atoms with Crippen molar-refractivity contribution >= 4 is 11.6 Å². The lowest BCUT2D eigenvalue weighted by Gasteiger charge is -2.42. The molecule has 0 aromatic heterocycles. The number of methoxy groups -OCH3 is 1. The highest BCUT2D eigenvalue weighted by atomic mass is 35.5. The van der Waals surface area contributed by atoms with Gasteiger partial charge in [0.15, 0.2) is 0 Å². The van der Waals surface area contributed by atoms with Gasteiger partial charge in [0.1, 0.15) is 5.82 Å². The van der Waals surface area contributed by atoms with Crippen molar-refractivity contribution in [1.29, 1.82) is 0 Å². The summed E-state index contributed by atoms with van der Waals surface area (Å²) in [6.45, 7) is 2.26. The first kappa shape index (κ1) is 15.7. The Bertz CT molecular complexity index is 458. The molecule has 1 aromatic rings. The number of benzene rings is 1. The minimum absolute atomic E-state index is 0.124. The number of ether oxygens (including phenoxy) is 1. The van der Waals surface area contributed by atoms with Crippen LogP contribution in [0.5, 0.6) is 0 Å². The van der Waals surface area contributed by atoms with Gasteiger partial charge in [0.25, 0.3) is 0 Å². The Morgan fingerprint density at radius 1 is 1.45 bits per heavy atom. The molecule has 2 rings (SSSR count). The SMILES string of the molecule is COC1(C(N)Cc2ccc(Cl)c(F)c2)CCC(C)CC1. The number of hydrogen-bond acceptors (Lipinski definition) is 2. The van der Waals surface area contributed by atoms with Gasteiger partial charge >= 0.3 is 0 Å². The van der Waals surface area contributed by atoms with Crippen LogP contribution in [-0.2, 0) is 11.2 Å². The first-order chi connectivity index (χ1) is 9.47. The van der Waals surface area contributed by atoms with E-state index in [0.29, 0.717) is 6.42 Å². The Kier molecular flexibility index (Phi) is 5.05. The molecule has 1 aliphatic carbocycles. The summed E-state index contributed by atoms with van der Waals surface area (Å²) >= 11 is 5.71. The highest BCUT2D eigenvalue weighted by molar-refractivity contribution is 6.30.